The highest BCUT2D eigenvalue weighted by Gasteiger charge is 2.27. The Morgan fingerprint density at radius 2 is 2.38 bits per heavy atom. The van der Waals surface area contributed by atoms with Gasteiger partial charge in [-0.1, -0.05) is 28.9 Å². The van der Waals surface area contributed by atoms with Gasteiger partial charge in [0.1, 0.15) is 0 Å². The van der Waals surface area contributed by atoms with Crippen LogP contribution in [0.1, 0.15) is 17.1 Å². The molecule has 1 aliphatic heterocycles. The summed E-state index contributed by atoms with van der Waals surface area (Å²) in [7, 11) is 0. The zero-order valence-corrected chi connectivity index (χ0v) is 14.6. The van der Waals surface area contributed by atoms with Gasteiger partial charge < -0.3 is 15.1 Å². The third-order valence-electron chi connectivity index (χ3n) is 4.25. The second kappa shape index (κ2) is 7.27. The van der Waals surface area contributed by atoms with E-state index in [0.717, 1.165) is 12.0 Å². The maximum atomic E-state index is 12.4. The van der Waals surface area contributed by atoms with E-state index >= 15 is 0 Å². The Balaban J connectivity index is 1.35. The average molecular weight is 373 g/mol. The number of benzene rings is 1. The number of halogens is 1. The number of aromatic nitrogens is 4. The highest BCUT2D eigenvalue weighted by molar-refractivity contribution is 6.30. The molecule has 1 saturated heterocycles. The molecule has 0 spiro atoms. The Labute approximate surface area is 154 Å². The molecule has 3 heterocycles. The van der Waals surface area contributed by atoms with Crippen LogP contribution < -0.4 is 10.6 Å². The predicted molar refractivity (Wildman–Crippen MR) is 94.6 cm³/mol. The molecule has 2 atom stereocenters. The lowest BCUT2D eigenvalue weighted by Gasteiger charge is -2.11. The molecule has 0 radical (unpaired) electrons. The smallest absolute Gasteiger partial charge is 0.307 e. The van der Waals surface area contributed by atoms with E-state index < -0.39 is 0 Å². The summed E-state index contributed by atoms with van der Waals surface area (Å²) in [6, 6.07) is 7.45. The van der Waals surface area contributed by atoms with Crippen molar-refractivity contribution in [2.75, 3.05) is 6.54 Å². The number of amides is 1. The van der Waals surface area contributed by atoms with Gasteiger partial charge >= 0.3 is 5.91 Å². The van der Waals surface area contributed by atoms with Gasteiger partial charge in [-0.2, -0.15) is 0 Å². The summed E-state index contributed by atoms with van der Waals surface area (Å²) in [6.07, 6.45) is 5.79. The van der Waals surface area contributed by atoms with Gasteiger partial charge in [-0.25, -0.2) is 4.98 Å². The molecule has 0 bridgehead atoms. The molecule has 8 nitrogen and oxygen atoms in total. The normalized spacial score (nSPS) is 19.6. The molecule has 0 aliphatic carbocycles. The van der Waals surface area contributed by atoms with Gasteiger partial charge in [-0.05, 0) is 18.6 Å². The van der Waals surface area contributed by atoms with Crippen molar-refractivity contribution in [3.05, 3.63) is 53.8 Å². The number of hydrogen-bond acceptors (Lipinski definition) is 6. The third kappa shape index (κ3) is 3.76. The molecule has 9 heteroatoms. The molecule has 1 aliphatic rings. The van der Waals surface area contributed by atoms with Gasteiger partial charge in [0, 0.05) is 35.4 Å². The fraction of sp³-hybridized carbons (Fsp3) is 0.294. The summed E-state index contributed by atoms with van der Waals surface area (Å²) in [6.45, 7) is 1.40. The minimum Gasteiger partial charge on any atom is -0.432 e. The van der Waals surface area contributed by atoms with Gasteiger partial charge in [0.25, 0.3) is 5.89 Å². The van der Waals surface area contributed by atoms with Crippen LogP contribution in [0.3, 0.4) is 0 Å². The quantitative estimate of drug-likeness (QED) is 0.708. The van der Waals surface area contributed by atoms with Crippen molar-refractivity contribution in [1.29, 1.82) is 0 Å². The van der Waals surface area contributed by atoms with Crippen molar-refractivity contribution in [1.82, 2.24) is 30.6 Å². The molecule has 2 N–H and O–H groups in total. The Hall–Kier alpha value is -2.71. The van der Waals surface area contributed by atoms with Crippen LogP contribution in [0.5, 0.6) is 0 Å². The largest absolute Gasteiger partial charge is 0.432 e. The second-order valence-corrected chi connectivity index (χ2v) is 6.61. The van der Waals surface area contributed by atoms with E-state index in [1.165, 1.54) is 6.20 Å². The van der Waals surface area contributed by atoms with Gasteiger partial charge in [0.05, 0.1) is 18.9 Å². The van der Waals surface area contributed by atoms with Crippen LogP contribution in [-0.2, 0) is 6.54 Å². The zero-order chi connectivity index (χ0) is 17.9. The first-order valence-corrected chi connectivity index (χ1v) is 8.65. The van der Waals surface area contributed by atoms with Crippen LogP contribution in [0.15, 0.2) is 47.3 Å². The number of nitrogens with one attached hydrogen (secondary N) is 2. The summed E-state index contributed by atoms with van der Waals surface area (Å²) in [5.74, 6) is 0.220. The number of nitrogens with zero attached hydrogens (tertiary/aromatic N) is 4. The summed E-state index contributed by atoms with van der Waals surface area (Å²) < 4.78 is 7.36. The Kier molecular flexibility index (Phi) is 4.68. The molecule has 1 amide bonds. The lowest BCUT2D eigenvalue weighted by atomic mass is 10.1. The van der Waals surface area contributed by atoms with Gasteiger partial charge in [-0.15, -0.1) is 5.10 Å². The molecule has 0 saturated carbocycles. The van der Waals surface area contributed by atoms with Crippen LogP contribution in [0.25, 0.3) is 11.3 Å². The minimum atomic E-state index is -0.327. The average Bonchev–Trinajstić information content (AvgIpc) is 3.37. The summed E-state index contributed by atoms with van der Waals surface area (Å²) in [4.78, 5) is 16.5. The van der Waals surface area contributed by atoms with Crippen LogP contribution in [0.4, 0.5) is 0 Å². The van der Waals surface area contributed by atoms with Crippen LogP contribution in [-0.4, -0.2) is 44.5 Å². The van der Waals surface area contributed by atoms with Gasteiger partial charge in [-0.3, -0.25) is 9.48 Å². The van der Waals surface area contributed by atoms with Gasteiger partial charge in [0.2, 0.25) is 0 Å². The van der Waals surface area contributed by atoms with E-state index in [2.05, 4.69) is 25.9 Å². The first kappa shape index (κ1) is 16.7. The molecular weight excluding hydrogens is 356 g/mol. The van der Waals surface area contributed by atoms with E-state index in [1.54, 1.807) is 23.0 Å². The third-order valence-corrected chi connectivity index (χ3v) is 4.48. The summed E-state index contributed by atoms with van der Waals surface area (Å²) >= 11 is 5.98. The lowest BCUT2D eigenvalue weighted by molar-refractivity contribution is 0.0905. The molecule has 1 fully saturated rings. The van der Waals surface area contributed by atoms with E-state index in [4.69, 9.17) is 16.0 Å². The monoisotopic (exact) mass is 372 g/mol. The maximum Gasteiger partial charge on any atom is 0.307 e. The molecule has 3 aromatic rings. The SMILES string of the molecule is O=C(N[C@H]1CNC(Cn2ccnn2)C1)c1ncc(-c2cccc(Cl)c2)o1. The Morgan fingerprint density at radius 1 is 1.46 bits per heavy atom. The fourth-order valence-electron chi connectivity index (χ4n) is 3.03. The predicted octanol–water partition coefficient (Wildman–Crippen LogP) is 1.75. The Bertz CT molecular complexity index is 894. The van der Waals surface area contributed by atoms with Gasteiger partial charge in [0.15, 0.2) is 5.76 Å². The Morgan fingerprint density at radius 3 is 3.19 bits per heavy atom. The van der Waals surface area contributed by atoms with E-state index in [0.29, 0.717) is 23.9 Å². The molecule has 26 heavy (non-hydrogen) atoms. The molecule has 134 valence electrons. The summed E-state index contributed by atoms with van der Waals surface area (Å²) in [5, 5.41) is 14.7. The molecule has 2 aromatic heterocycles. The highest BCUT2D eigenvalue weighted by atomic mass is 35.5. The van der Waals surface area contributed by atoms with Crippen molar-refractivity contribution in [3.63, 3.8) is 0 Å². The van der Waals surface area contributed by atoms with Crippen molar-refractivity contribution in [2.24, 2.45) is 0 Å². The second-order valence-electron chi connectivity index (χ2n) is 6.18. The lowest BCUT2D eigenvalue weighted by Crippen LogP contribution is -2.36. The van der Waals surface area contributed by atoms with E-state index in [9.17, 15) is 4.79 Å². The first-order chi connectivity index (χ1) is 12.7. The van der Waals surface area contributed by atoms with Crippen molar-refractivity contribution in [2.45, 2.75) is 25.0 Å². The number of carbonyl (C=O) groups excluding carboxylic acids is 1. The van der Waals surface area contributed by atoms with Crippen LogP contribution in [0, 0.1) is 0 Å². The first-order valence-electron chi connectivity index (χ1n) is 8.27. The highest BCUT2D eigenvalue weighted by Crippen LogP contribution is 2.23. The van der Waals surface area contributed by atoms with Crippen LogP contribution in [0.2, 0.25) is 5.02 Å². The molecule has 1 aromatic carbocycles. The summed E-state index contributed by atoms with van der Waals surface area (Å²) in [5.41, 5.74) is 0.777. The standard InChI is InChI=1S/C17H17ClN6O2/c18-12-3-1-2-11(6-12)15-9-20-17(26-15)16(25)22-13-7-14(19-8-13)10-24-5-4-21-23-24/h1-6,9,13-14,19H,7-8,10H2,(H,22,25)/t13-,14?/m1/s1. The number of oxazole rings is 1. The number of hydrogen-bond donors (Lipinski definition) is 2. The fourth-order valence-corrected chi connectivity index (χ4v) is 3.22. The number of rotatable bonds is 5. The molecule has 1 unspecified atom stereocenters. The number of carbonyl (C=O) groups is 1. The molecule has 4 rings (SSSR count). The van der Waals surface area contributed by atoms with E-state index in [1.807, 2.05) is 18.3 Å². The van der Waals surface area contributed by atoms with Crippen LogP contribution >= 0.6 is 11.6 Å². The van der Waals surface area contributed by atoms with E-state index in [-0.39, 0.29) is 23.9 Å². The molecular formula is C17H17ClN6O2. The van der Waals surface area contributed by atoms with Crippen molar-refractivity contribution >= 4 is 17.5 Å². The zero-order valence-electron chi connectivity index (χ0n) is 13.8. The topological polar surface area (TPSA) is 97.9 Å². The van der Waals surface area contributed by atoms with Crippen molar-refractivity contribution in [3.8, 4) is 11.3 Å². The minimum absolute atomic E-state index is 0.0116. The maximum absolute atomic E-state index is 12.4. The van der Waals surface area contributed by atoms with Crippen molar-refractivity contribution < 1.29 is 9.21 Å².